The van der Waals surface area contributed by atoms with E-state index in [1.807, 2.05) is 12.1 Å². The van der Waals surface area contributed by atoms with Crippen LogP contribution < -0.4 is 20.1 Å². The van der Waals surface area contributed by atoms with Gasteiger partial charge in [0, 0.05) is 42.9 Å². The van der Waals surface area contributed by atoms with Gasteiger partial charge >= 0.3 is 0 Å². The molecule has 3 N–H and O–H groups in total. The highest BCUT2D eigenvalue weighted by Gasteiger charge is 2.33. The number of nitrogens with zero attached hydrogens (tertiary/aromatic N) is 1. The molecule has 0 bridgehead atoms. The number of rotatable bonds is 9. The smallest absolute Gasteiger partial charge is 0.255 e. The maximum absolute atomic E-state index is 13.4. The molecule has 1 amide bonds. The molecule has 8 nitrogen and oxygen atoms in total. The van der Waals surface area contributed by atoms with Gasteiger partial charge in [0.15, 0.2) is 5.75 Å². The highest BCUT2D eigenvalue weighted by atomic mass is 35.5. The van der Waals surface area contributed by atoms with Crippen LogP contribution in [-0.4, -0.2) is 55.5 Å². The number of pyridine rings is 1. The minimum absolute atomic E-state index is 0.0490. The highest BCUT2D eigenvalue weighted by Crippen LogP contribution is 2.44. The van der Waals surface area contributed by atoms with Crippen molar-refractivity contribution < 1.29 is 23.4 Å². The van der Waals surface area contributed by atoms with Crippen molar-refractivity contribution in [1.29, 1.82) is 0 Å². The molecule has 2 atom stereocenters. The predicted molar refractivity (Wildman–Crippen MR) is 131 cm³/mol. The largest absolute Gasteiger partial charge is 0.493 e. The lowest BCUT2D eigenvalue weighted by Crippen LogP contribution is -2.35. The van der Waals surface area contributed by atoms with Crippen LogP contribution in [0.4, 0.5) is 15.8 Å². The molecule has 0 unspecified atom stereocenters. The lowest BCUT2D eigenvalue weighted by atomic mass is 9.94. The fourth-order valence-corrected chi connectivity index (χ4v) is 4.67. The van der Waals surface area contributed by atoms with Crippen molar-refractivity contribution >= 4 is 28.9 Å². The van der Waals surface area contributed by atoms with Gasteiger partial charge in [-0.05, 0) is 24.6 Å². The number of methoxy groups -OCH3 is 1. The van der Waals surface area contributed by atoms with Gasteiger partial charge in [0.05, 0.1) is 53.7 Å². The van der Waals surface area contributed by atoms with Crippen molar-refractivity contribution in [2.75, 3.05) is 38.9 Å². The summed E-state index contributed by atoms with van der Waals surface area (Å²) in [6.07, 6.45) is 4.57. The minimum atomic E-state index is -0.496. The van der Waals surface area contributed by atoms with Crippen LogP contribution in [0.1, 0.15) is 34.8 Å². The molecule has 4 heterocycles. The molecule has 1 fully saturated rings. The lowest BCUT2D eigenvalue weighted by molar-refractivity contribution is -0.0720. The molecule has 0 spiro atoms. The van der Waals surface area contributed by atoms with E-state index in [1.165, 1.54) is 7.11 Å². The molecule has 2 aliphatic rings. The van der Waals surface area contributed by atoms with Gasteiger partial charge in [0.25, 0.3) is 5.91 Å². The van der Waals surface area contributed by atoms with Gasteiger partial charge < -0.3 is 29.8 Å². The first-order valence-corrected chi connectivity index (χ1v) is 11.9. The van der Waals surface area contributed by atoms with E-state index in [4.69, 9.17) is 25.8 Å². The van der Waals surface area contributed by atoms with Crippen LogP contribution in [0.25, 0.3) is 11.3 Å². The fourth-order valence-electron chi connectivity index (χ4n) is 4.42. The van der Waals surface area contributed by atoms with Crippen LogP contribution in [0.2, 0.25) is 5.02 Å². The van der Waals surface area contributed by atoms with E-state index < -0.39 is 6.67 Å². The summed E-state index contributed by atoms with van der Waals surface area (Å²) in [5.41, 5.74) is 3.56. The van der Waals surface area contributed by atoms with Crippen LogP contribution in [0, 0.1) is 0 Å². The Morgan fingerprint density at radius 1 is 1.34 bits per heavy atom. The molecule has 10 heteroatoms. The molecule has 1 aromatic carbocycles. The summed E-state index contributed by atoms with van der Waals surface area (Å²) in [6, 6.07) is 7.14. The third kappa shape index (κ3) is 4.53. The van der Waals surface area contributed by atoms with Gasteiger partial charge in [-0.25, -0.2) is 0 Å². The third-order valence-electron chi connectivity index (χ3n) is 6.33. The summed E-state index contributed by atoms with van der Waals surface area (Å²) in [5.74, 6) is 0.545. The Morgan fingerprint density at radius 2 is 2.20 bits per heavy atom. The minimum Gasteiger partial charge on any atom is -0.493 e. The van der Waals surface area contributed by atoms with Gasteiger partial charge in [0.1, 0.15) is 12.4 Å². The van der Waals surface area contributed by atoms with E-state index in [1.54, 1.807) is 24.5 Å². The molecule has 184 valence electrons. The Morgan fingerprint density at radius 3 is 2.94 bits per heavy atom. The van der Waals surface area contributed by atoms with E-state index in [-0.39, 0.29) is 24.3 Å². The van der Waals surface area contributed by atoms with Gasteiger partial charge in [-0.15, -0.1) is 0 Å². The number of anilines is 2. The van der Waals surface area contributed by atoms with Gasteiger partial charge in [-0.3, -0.25) is 14.2 Å². The van der Waals surface area contributed by atoms with Crippen molar-refractivity contribution in [2.45, 2.75) is 24.9 Å². The van der Waals surface area contributed by atoms with Crippen LogP contribution in [-0.2, 0) is 4.74 Å². The summed E-state index contributed by atoms with van der Waals surface area (Å²) in [6.45, 7) is 0.991. The summed E-state index contributed by atoms with van der Waals surface area (Å²) in [4.78, 5) is 20.7. The van der Waals surface area contributed by atoms with E-state index >= 15 is 0 Å². The van der Waals surface area contributed by atoms with E-state index in [2.05, 4.69) is 20.6 Å². The van der Waals surface area contributed by atoms with Crippen molar-refractivity contribution in [3.05, 3.63) is 52.9 Å². The Bertz CT molecular complexity index is 1230. The number of H-pyrrole nitrogens is 1. The Labute approximate surface area is 207 Å². The van der Waals surface area contributed by atoms with Gasteiger partial charge in [-0.1, -0.05) is 17.7 Å². The number of alkyl halides is 1. The second-order valence-corrected chi connectivity index (χ2v) is 8.87. The van der Waals surface area contributed by atoms with Crippen molar-refractivity contribution in [3.63, 3.8) is 0 Å². The number of benzene rings is 1. The third-order valence-corrected chi connectivity index (χ3v) is 6.63. The number of fused-ring (bicyclic) bond motifs is 1. The maximum atomic E-state index is 13.4. The summed E-state index contributed by atoms with van der Waals surface area (Å²) >= 11 is 6.34. The Kier molecular flexibility index (Phi) is 6.79. The lowest BCUT2D eigenvalue weighted by Gasteiger charge is -2.26. The monoisotopic (exact) mass is 500 g/mol. The molecule has 3 aromatic rings. The molecule has 0 radical (unpaired) electrons. The van der Waals surface area contributed by atoms with E-state index in [0.29, 0.717) is 63.6 Å². The zero-order chi connectivity index (χ0) is 24.4. The second-order valence-electron chi connectivity index (χ2n) is 8.46. The van der Waals surface area contributed by atoms with Crippen molar-refractivity contribution in [3.8, 4) is 22.8 Å². The number of halogens is 2. The first-order valence-electron chi connectivity index (χ1n) is 11.5. The zero-order valence-corrected chi connectivity index (χ0v) is 20.0. The molecular weight excluding hydrogens is 475 g/mol. The number of aromatic nitrogens is 2. The van der Waals surface area contributed by atoms with Gasteiger partial charge in [0.2, 0.25) is 0 Å². The topological polar surface area (TPSA) is 97.5 Å². The zero-order valence-electron chi connectivity index (χ0n) is 19.2. The molecule has 2 aliphatic heterocycles. The number of nitrogens with one attached hydrogen (secondary N) is 3. The van der Waals surface area contributed by atoms with E-state index in [9.17, 15) is 9.18 Å². The quantitative estimate of drug-likeness (QED) is 0.389. The van der Waals surface area contributed by atoms with Crippen LogP contribution in [0.3, 0.4) is 0 Å². The van der Waals surface area contributed by atoms with Crippen LogP contribution >= 0.6 is 11.6 Å². The SMILES string of the molecule is COc1c(Cl)cccc1Nc1c(-c2ccncc2OC[C@@H]2CCO2)[nH]c2c1C(=O)NC[C@H]2CCF. The fraction of sp³-hybridized carbons (Fsp3) is 0.360. The molecule has 5 rings (SSSR count). The summed E-state index contributed by atoms with van der Waals surface area (Å²) in [7, 11) is 1.53. The van der Waals surface area contributed by atoms with Crippen LogP contribution in [0.15, 0.2) is 36.7 Å². The van der Waals surface area contributed by atoms with Gasteiger partial charge in [-0.2, -0.15) is 0 Å². The standard InChI is InChI=1S/C25H26ClFN4O4/c1-33-24-17(26)3-2-4-18(24)30-23-20-21(14(5-8-27)11-29-25(20)32)31-22(23)16-6-9-28-12-19(16)35-13-15-7-10-34-15/h2-4,6,9,12,14-15,30-31H,5,7-8,10-11,13H2,1H3,(H,29,32)/t14-,15+/m1/s1. The second kappa shape index (κ2) is 10.1. The van der Waals surface area contributed by atoms with Crippen molar-refractivity contribution in [1.82, 2.24) is 15.3 Å². The number of hydrogen-bond donors (Lipinski definition) is 3. The summed E-state index contributed by atoms with van der Waals surface area (Å²) < 4.78 is 30.4. The molecular formula is C25H26ClFN4O4. The summed E-state index contributed by atoms with van der Waals surface area (Å²) in [5, 5.41) is 6.67. The van der Waals surface area contributed by atoms with Crippen LogP contribution in [0.5, 0.6) is 11.5 Å². The average molecular weight is 501 g/mol. The first-order chi connectivity index (χ1) is 17.1. The molecule has 0 saturated carbocycles. The molecule has 2 aromatic heterocycles. The molecule has 1 saturated heterocycles. The highest BCUT2D eigenvalue weighted by molar-refractivity contribution is 6.32. The predicted octanol–water partition coefficient (Wildman–Crippen LogP) is 4.84. The maximum Gasteiger partial charge on any atom is 0.255 e. The average Bonchev–Trinajstić information content (AvgIpc) is 3.20. The molecule has 0 aliphatic carbocycles. The Balaban J connectivity index is 1.63. The Hall–Kier alpha value is -3.30. The number of carbonyl (C=O) groups is 1. The number of carbonyl (C=O) groups excluding carboxylic acids is 1. The number of ether oxygens (including phenoxy) is 3. The number of hydrogen-bond acceptors (Lipinski definition) is 6. The number of amides is 1. The molecule has 35 heavy (non-hydrogen) atoms. The van der Waals surface area contributed by atoms with E-state index in [0.717, 1.165) is 13.0 Å². The number of aromatic amines is 1. The number of para-hydroxylation sites is 1. The van der Waals surface area contributed by atoms with Crippen molar-refractivity contribution in [2.24, 2.45) is 0 Å². The normalized spacial score (nSPS) is 18.9. The first kappa shape index (κ1) is 23.4.